The molecule has 1 aromatic rings. The first-order valence-corrected chi connectivity index (χ1v) is 7.40. The van der Waals surface area contributed by atoms with Crippen LogP contribution in [0.1, 0.15) is 57.0 Å². The second kappa shape index (κ2) is 7.57. The van der Waals surface area contributed by atoms with Crippen LogP contribution >= 0.6 is 0 Å². The predicted molar refractivity (Wildman–Crippen MR) is 78.1 cm³/mol. The minimum absolute atomic E-state index is 0.664. The van der Waals surface area contributed by atoms with E-state index in [1.165, 1.54) is 36.2 Å². The van der Waals surface area contributed by atoms with E-state index in [-0.39, 0.29) is 0 Å². The second-order valence-electron chi connectivity index (χ2n) is 5.03. The number of nitrogens with zero attached hydrogens (tertiary/aromatic N) is 2. The van der Waals surface area contributed by atoms with E-state index in [9.17, 15) is 0 Å². The van der Waals surface area contributed by atoms with Crippen LogP contribution < -0.4 is 5.32 Å². The molecule has 1 heterocycles. The third kappa shape index (κ3) is 3.84. The van der Waals surface area contributed by atoms with E-state index in [2.05, 4.69) is 49.7 Å². The van der Waals surface area contributed by atoms with Crippen LogP contribution in [0.4, 0.5) is 0 Å². The SMILES string of the molecule is CCNC(CC)CCCn1nc(C)c(CC)c1C. The van der Waals surface area contributed by atoms with Gasteiger partial charge in [0.2, 0.25) is 0 Å². The minimum atomic E-state index is 0.664. The lowest BCUT2D eigenvalue weighted by atomic mass is 10.1. The summed E-state index contributed by atoms with van der Waals surface area (Å²) < 4.78 is 2.19. The molecule has 0 aliphatic heterocycles. The molecule has 1 rings (SSSR count). The maximum absolute atomic E-state index is 4.65. The topological polar surface area (TPSA) is 29.9 Å². The first-order valence-electron chi connectivity index (χ1n) is 7.40. The number of aryl methyl sites for hydroxylation is 2. The van der Waals surface area contributed by atoms with E-state index in [0.717, 1.165) is 19.5 Å². The molecule has 0 aromatic carbocycles. The van der Waals surface area contributed by atoms with Crippen molar-refractivity contribution in [2.75, 3.05) is 6.54 Å². The fourth-order valence-electron chi connectivity index (χ4n) is 2.69. The van der Waals surface area contributed by atoms with E-state index >= 15 is 0 Å². The molecule has 0 saturated heterocycles. The summed E-state index contributed by atoms with van der Waals surface area (Å²) in [5.74, 6) is 0. The first-order chi connectivity index (χ1) is 8.63. The van der Waals surface area contributed by atoms with Gasteiger partial charge < -0.3 is 5.32 Å². The van der Waals surface area contributed by atoms with Gasteiger partial charge in [0.15, 0.2) is 0 Å². The molecule has 0 radical (unpaired) electrons. The molecule has 1 aromatic heterocycles. The highest BCUT2D eigenvalue weighted by Gasteiger charge is 2.10. The van der Waals surface area contributed by atoms with Crippen LogP contribution in [-0.4, -0.2) is 22.4 Å². The van der Waals surface area contributed by atoms with Crippen molar-refractivity contribution in [2.24, 2.45) is 0 Å². The maximum atomic E-state index is 4.65. The summed E-state index contributed by atoms with van der Waals surface area (Å²) in [7, 11) is 0. The molecular weight excluding hydrogens is 222 g/mol. The Bertz CT molecular complexity index is 355. The molecule has 0 saturated carbocycles. The summed E-state index contributed by atoms with van der Waals surface area (Å²) in [6, 6.07) is 0.664. The van der Waals surface area contributed by atoms with Crippen molar-refractivity contribution in [1.82, 2.24) is 15.1 Å². The normalized spacial score (nSPS) is 12.9. The molecule has 0 bridgehead atoms. The molecule has 1 atom stereocenters. The molecule has 0 aliphatic carbocycles. The fourth-order valence-corrected chi connectivity index (χ4v) is 2.69. The Labute approximate surface area is 112 Å². The highest BCUT2D eigenvalue weighted by atomic mass is 15.3. The zero-order chi connectivity index (χ0) is 13.5. The fraction of sp³-hybridized carbons (Fsp3) is 0.800. The van der Waals surface area contributed by atoms with Crippen LogP contribution in [0.15, 0.2) is 0 Å². The van der Waals surface area contributed by atoms with E-state index in [1.54, 1.807) is 0 Å². The summed E-state index contributed by atoms with van der Waals surface area (Å²) in [4.78, 5) is 0. The summed E-state index contributed by atoms with van der Waals surface area (Å²) in [5.41, 5.74) is 3.98. The van der Waals surface area contributed by atoms with E-state index in [1.807, 2.05) is 0 Å². The summed E-state index contributed by atoms with van der Waals surface area (Å²) in [6.45, 7) is 13.1. The lowest BCUT2D eigenvalue weighted by Crippen LogP contribution is -2.28. The zero-order valence-electron chi connectivity index (χ0n) is 12.7. The van der Waals surface area contributed by atoms with Crippen LogP contribution in [-0.2, 0) is 13.0 Å². The van der Waals surface area contributed by atoms with Gasteiger partial charge in [0.25, 0.3) is 0 Å². The van der Waals surface area contributed by atoms with Gasteiger partial charge in [-0.1, -0.05) is 20.8 Å². The average Bonchev–Trinajstić information content (AvgIpc) is 2.63. The molecule has 0 amide bonds. The molecule has 0 spiro atoms. The summed E-state index contributed by atoms with van der Waals surface area (Å²) in [6.07, 6.45) is 4.75. The van der Waals surface area contributed by atoms with Crippen molar-refractivity contribution in [3.63, 3.8) is 0 Å². The van der Waals surface area contributed by atoms with Gasteiger partial charge in [-0.2, -0.15) is 5.10 Å². The molecule has 18 heavy (non-hydrogen) atoms. The van der Waals surface area contributed by atoms with Gasteiger partial charge in [-0.3, -0.25) is 4.68 Å². The van der Waals surface area contributed by atoms with E-state index < -0.39 is 0 Å². The average molecular weight is 251 g/mol. The van der Waals surface area contributed by atoms with Crippen molar-refractivity contribution in [2.45, 2.75) is 72.9 Å². The molecule has 3 heteroatoms. The number of nitrogens with one attached hydrogen (secondary N) is 1. The Morgan fingerprint density at radius 3 is 2.44 bits per heavy atom. The van der Waals surface area contributed by atoms with Crippen LogP contribution in [0.3, 0.4) is 0 Å². The Balaban J connectivity index is 2.48. The molecular formula is C15H29N3. The quantitative estimate of drug-likeness (QED) is 0.769. The van der Waals surface area contributed by atoms with Crippen molar-refractivity contribution in [3.8, 4) is 0 Å². The maximum Gasteiger partial charge on any atom is 0.0628 e. The van der Waals surface area contributed by atoms with E-state index in [0.29, 0.717) is 6.04 Å². The number of rotatable bonds is 8. The van der Waals surface area contributed by atoms with Gasteiger partial charge in [-0.05, 0) is 51.6 Å². The number of hydrogen-bond acceptors (Lipinski definition) is 2. The first kappa shape index (κ1) is 15.2. The largest absolute Gasteiger partial charge is 0.314 e. The van der Waals surface area contributed by atoms with Gasteiger partial charge >= 0.3 is 0 Å². The summed E-state index contributed by atoms with van der Waals surface area (Å²) >= 11 is 0. The molecule has 0 fully saturated rings. The van der Waals surface area contributed by atoms with E-state index in [4.69, 9.17) is 0 Å². The van der Waals surface area contributed by atoms with Crippen molar-refractivity contribution in [3.05, 3.63) is 17.0 Å². The smallest absolute Gasteiger partial charge is 0.0628 e. The second-order valence-corrected chi connectivity index (χ2v) is 5.03. The Morgan fingerprint density at radius 2 is 1.94 bits per heavy atom. The minimum Gasteiger partial charge on any atom is -0.314 e. The van der Waals surface area contributed by atoms with Gasteiger partial charge in [0.1, 0.15) is 0 Å². The molecule has 104 valence electrons. The molecule has 1 unspecified atom stereocenters. The lowest BCUT2D eigenvalue weighted by Gasteiger charge is -2.15. The van der Waals surface area contributed by atoms with Gasteiger partial charge in [0, 0.05) is 18.3 Å². The van der Waals surface area contributed by atoms with Crippen LogP contribution in [0.25, 0.3) is 0 Å². The predicted octanol–water partition coefficient (Wildman–Crippen LogP) is 3.23. The van der Waals surface area contributed by atoms with Crippen LogP contribution in [0, 0.1) is 13.8 Å². The van der Waals surface area contributed by atoms with Crippen molar-refractivity contribution >= 4 is 0 Å². The third-order valence-corrected chi connectivity index (χ3v) is 3.79. The van der Waals surface area contributed by atoms with Gasteiger partial charge in [-0.15, -0.1) is 0 Å². The van der Waals surface area contributed by atoms with Crippen LogP contribution in [0.2, 0.25) is 0 Å². The molecule has 0 aliphatic rings. The Morgan fingerprint density at radius 1 is 1.22 bits per heavy atom. The van der Waals surface area contributed by atoms with Gasteiger partial charge in [-0.25, -0.2) is 0 Å². The molecule has 1 N–H and O–H groups in total. The Hall–Kier alpha value is -0.830. The third-order valence-electron chi connectivity index (χ3n) is 3.79. The number of hydrogen-bond donors (Lipinski definition) is 1. The number of aromatic nitrogens is 2. The highest BCUT2D eigenvalue weighted by molar-refractivity contribution is 5.24. The lowest BCUT2D eigenvalue weighted by molar-refractivity contribution is 0.436. The molecule has 3 nitrogen and oxygen atoms in total. The standard InChI is InChI=1S/C15H29N3/c1-6-14(16-8-3)10-9-11-18-13(5)15(7-2)12(4)17-18/h14,16H,6-11H2,1-5H3. The van der Waals surface area contributed by atoms with Gasteiger partial charge in [0.05, 0.1) is 5.69 Å². The van der Waals surface area contributed by atoms with Crippen molar-refractivity contribution in [1.29, 1.82) is 0 Å². The Kier molecular flexibility index (Phi) is 6.41. The summed E-state index contributed by atoms with van der Waals surface area (Å²) in [5, 5.41) is 8.18. The monoisotopic (exact) mass is 251 g/mol. The van der Waals surface area contributed by atoms with Crippen LogP contribution in [0.5, 0.6) is 0 Å². The highest BCUT2D eigenvalue weighted by Crippen LogP contribution is 2.14. The zero-order valence-corrected chi connectivity index (χ0v) is 12.7. The van der Waals surface area contributed by atoms with Crippen molar-refractivity contribution < 1.29 is 0 Å².